The molecule has 0 radical (unpaired) electrons. The quantitative estimate of drug-likeness (QED) is 0.709. The Morgan fingerprint density at radius 1 is 1.21 bits per heavy atom. The summed E-state index contributed by atoms with van der Waals surface area (Å²) >= 11 is 2.96. The van der Waals surface area contributed by atoms with Gasteiger partial charge in [0.25, 0.3) is 6.43 Å². The topological polar surface area (TPSA) is 0 Å². The van der Waals surface area contributed by atoms with Gasteiger partial charge in [0.2, 0.25) is 0 Å². The fourth-order valence-corrected chi connectivity index (χ4v) is 1.61. The lowest BCUT2D eigenvalue weighted by Gasteiger charge is -2.09. The predicted octanol–water partition coefficient (Wildman–Crippen LogP) is 4.34. The van der Waals surface area contributed by atoms with E-state index in [9.17, 15) is 8.78 Å². The maximum absolute atomic E-state index is 12.3. The van der Waals surface area contributed by atoms with Crippen LogP contribution in [0.5, 0.6) is 0 Å². The van der Waals surface area contributed by atoms with Gasteiger partial charge >= 0.3 is 0 Å². The summed E-state index contributed by atoms with van der Waals surface area (Å²) in [4.78, 5) is -0.849. The van der Waals surface area contributed by atoms with E-state index in [2.05, 4.69) is 22.9 Å². The van der Waals surface area contributed by atoms with Gasteiger partial charge < -0.3 is 0 Å². The van der Waals surface area contributed by atoms with Crippen molar-refractivity contribution in [2.24, 2.45) is 0 Å². The third kappa shape index (κ3) is 3.05. The summed E-state index contributed by atoms with van der Waals surface area (Å²) in [5.41, 5.74) is 1.84. The number of hydrogen-bond acceptors (Lipinski definition) is 0. The first-order valence-electron chi connectivity index (χ1n) is 4.66. The van der Waals surface area contributed by atoms with Crippen LogP contribution in [0.25, 0.3) is 0 Å². The average Bonchev–Trinajstić information content (AvgIpc) is 2.18. The Labute approximate surface area is 91.5 Å². The van der Waals surface area contributed by atoms with Crippen LogP contribution in [0.4, 0.5) is 8.78 Å². The predicted molar refractivity (Wildman–Crippen MR) is 58.1 cm³/mol. The van der Waals surface area contributed by atoms with E-state index >= 15 is 0 Å². The first-order valence-corrected chi connectivity index (χ1v) is 5.57. The van der Waals surface area contributed by atoms with Crippen LogP contribution in [0.2, 0.25) is 0 Å². The van der Waals surface area contributed by atoms with Crippen molar-refractivity contribution in [1.82, 2.24) is 0 Å². The smallest absolute Gasteiger partial charge is 0.209 e. The van der Waals surface area contributed by atoms with Gasteiger partial charge in [0.15, 0.2) is 0 Å². The van der Waals surface area contributed by atoms with Crippen molar-refractivity contribution in [1.29, 1.82) is 0 Å². The van der Waals surface area contributed by atoms with Gasteiger partial charge in [-0.15, -0.1) is 0 Å². The number of aryl methyl sites for hydroxylation is 1. The summed E-state index contributed by atoms with van der Waals surface area (Å²) < 4.78 is 24.6. The largest absolute Gasteiger partial charge is 0.255 e. The van der Waals surface area contributed by atoms with E-state index in [0.717, 1.165) is 12.8 Å². The van der Waals surface area contributed by atoms with Crippen LogP contribution in [0, 0.1) is 0 Å². The highest BCUT2D eigenvalue weighted by atomic mass is 79.9. The molecule has 0 saturated heterocycles. The minimum Gasteiger partial charge on any atom is -0.209 e. The molecule has 0 aromatic heterocycles. The number of hydrogen-bond donors (Lipinski definition) is 0. The molecule has 0 aliphatic heterocycles. The molecule has 0 amide bonds. The molecular weight excluding hydrogens is 250 g/mol. The molecule has 1 atom stereocenters. The van der Waals surface area contributed by atoms with Gasteiger partial charge in [0.05, 0.1) is 0 Å². The summed E-state index contributed by atoms with van der Waals surface area (Å²) in [5, 5.41) is 0. The van der Waals surface area contributed by atoms with Gasteiger partial charge in [-0.1, -0.05) is 53.5 Å². The normalized spacial score (nSPS) is 13.2. The second-order valence-corrected chi connectivity index (χ2v) is 4.21. The van der Waals surface area contributed by atoms with Crippen molar-refractivity contribution in [2.75, 3.05) is 0 Å². The van der Waals surface area contributed by atoms with Crippen molar-refractivity contribution in [3.05, 3.63) is 35.4 Å². The van der Waals surface area contributed by atoms with Crippen LogP contribution < -0.4 is 0 Å². The number of benzene rings is 1. The molecule has 14 heavy (non-hydrogen) atoms. The zero-order valence-electron chi connectivity index (χ0n) is 8.01. The van der Waals surface area contributed by atoms with Crippen LogP contribution in [-0.2, 0) is 6.42 Å². The maximum Gasteiger partial charge on any atom is 0.255 e. The Kier molecular flexibility index (Phi) is 4.52. The Morgan fingerprint density at radius 3 is 2.21 bits per heavy atom. The van der Waals surface area contributed by atoms with E-state index < -0.39 is 11.3 Å². The monoisotopic (exact) mass is 262 g/mol. The third-order valence-electron chi connectivity index (χ3n) is 2.06. The molecular formula is C11H13BrF2. The van der Waals surface area contributed by atoms with Crippen LogP contribution >= 0.6 is 15.9 Å². The van der Waals surface area contributed by atoms with Crippen LogP contribution in [0.3, 0.4) is 0 Å². The fraction of sp³-hybridized carbons (Fsp3) is 0.455. The van der Waals surface area contributed by atoms with E-state index in [1.54, 1.807) is 12.1 Å². The molecule has 0 heterocycles. The summed E-state index contributed by atoms with van der Waals surface area (Å²) in [7, 11) is 0. The Hall–Kier alpha value is -0.440. The lowest BCUT2D eigenvalue weighted by Crippen LogP contribution is -2.01. The zero-order chi connectivity index (χ0) is 10.6. The molecule has 0 N–H and O–H groups in total. The van der Waals surface area contributed by atoms with Crippen molar-refractivity contribution < 1.29 is 8.78 Å². The fourth-order valence-electron chi connectivity index (χ4n) is 1.30. The summed E-state index contributed by atoms with van der Waals surface area (Å²) in [6, 6.07) is 7.35. The second-order valence-electron chi connectivity index (χ2n) is 3.23. The zero-order valence-corrected chi connectivity index (χ0v) is 9.60. The molecule has 0 spiro atoms. The Balaban J connectivity index is 2.72. The van der Waals surface area contributed by atoms with Crippen LogP contribution in [-0.4, -0.2) is 6.43 Å². The molecule has 1 rings (SSSR count). The van der Waals surface area contributed by atoms with E-state index in [4.69, 9.17) is 0 Å². The highest BCUT2D eigenvalue weighted by molar-refractivity contribution is 9.09. The van der Waals surface area contributed by atoms with E-state index in [0.29, 0.717) is 5.56 Å². The van der Waals surface area contributed by atoms with Crippen molar-refractivity contribution in [3.63, 3.8) is 0 Å². The minimum absolute atomic E-state index is 0.639. The molecule has 0 aliphatic rings. The maximum atomic E-state index is 12.3. The summed E-state index contributed by atoms with van der Waals surface area (Å²) in [6.07, 6.45) is -0.277. The molecule has 3 heteroatoms. The van der Waals surface area contributed by atoms with Gasteiger partial charge in [0, 0.05) is 0 Å². The Morgan fingerprint density at radius 2 is 1.79 bits per heavy atom. The summed E-state index contributed by atoms with van der Waals surface area (Å²) in [6.45, 7) is 2.10. The van der Waals surface area contributed by atoms with Gasteiger partial charge in [-0.05, 0) is 17.5 Å². The van der Waals surface area contributed by atoms with Gasteiger partial charge in [-0.2, -0.15) is 0 Å². The number of halogens is 3. The highest BCUT2D eigenvalue weighted by Gasteiger charge is 2.18. The SMILES string of the molecule is CCCc1ccc(C(Br)C(F)F)cc1. The van der Waals surface area contributed by atoms with Crippen molar-refractivity contribution in [3.8, 4) is 0 Å². The lowest BCUT2D eigenvalue weighted by atomic mass is 10.1. The minimum atomic E-state index is -2.35. The molecule has 78 valence electrons. The number of rotatable bonds is 4. The molecule has 1 aromatic rings. The number of alkyl halides is 3. The Bertz CT molecular complexity index is 269. The highest BCUT2D eigenvalue weighted by Crippen LogP contribution is 2.29. The first kappa shape index (κ1) is 11.6. The van der Waals surface area contributed by atoms with Crippen LogP contribution in [0.1, 0.15) is 29.3 Å². The summed E-state index contributed by atoms with van der Waals surface area (Å²) in [5.74, 6) is 0. The molecule has 0 nitrogen and oxygen atoms in total. The second kappa shape index (κ2) is 5.44. The van der Waals surface area contributed by atoms with E-state index in [1.807, 2.05) is 12.1 Å². The third-order valence-corrected chi connectivity index (χ3v) is 2.99. The average molecular weight is 263 g/mol. The molecule has 1 unspecified atom stereocenters. The van der Waals surface area contributed by atoms with E-state index in [-0.39, 0.29) is 0 Å². The van der Waals surface area contributed by atoms with E-state index in [1.165, 1.54) is 5.56 Å². The molecule has 0 fully saturated rings. The van der Waals surface area contributed by atoms with Gasteiger partial charge in [-0.3, -0.25) is 0 Å². The first-order chi connectivity index (χ1) is 6.65. The molecule has 1 aromatic carbocycles. The van der Waals surface area contributed by atoms with Crippen LogP contribution in [0.15, 0.2) is 24.3 Å². The lowest BCUT2D eigenvalue weighted by molar-refractivity contribution is 0.147. The van der Waals surface area contributed by atoms with Gasteiger partial charge in [0.1, 0.15) is 4.83 Å². The molecule has 0 bridgehead atoms. The van der Waals surface area contributed by atoms with Gasteiger partial charge in [-0.25, -0.2) is 8.78 Å². The van der Waals surface area contributed by atoms with Crippen molar-refractivity contribution >= 4 is 15.9 Å². The standard InChI is InChI=1S/C11H13BrF2/c1-2-3-8-4-6-9(7-5-8)10(12)11(13)14/h4-7,10-11H,2-3H2,1H3. The molecule has 0 saturated carbocycles. The van der Waals surface area contributed by atoms with Crippen molar-refractivity contribution in [2.45, 2.75) is 31.0 Å². The molecule has 0 aliphatic carbocycles.